The molecule has 4 rings (SSSR count). The number of carbonyl (C=O) groups is 1. The number of hydrogen-bond donors (Lipinski definition) is 1. The molecule has 2 aliphatic rings. The van der Waals surface area contributed by atoms with Crippen molar-refractivity contribution >= 4 is 24.0 Å². The molecule has 0 aliphatic carbocycles. The fourth-order valence-corrected chi connectivity index (χ4v) is 3.89. The summed E-state index contributed by atoms with van der Waals surface area (Å²) in [5.74, 6) is 1.76. The molecule has 2 aromatic rings. The zero-order valence-corrected chi connectivity index (χ0v) is 16.0. The first kappa shape index (κ1) is 19.4. The highest BCUT2D eigenvalue weighted by Crippen LogP contribution is 2.43. The van der Waals surface area contributed by atoms with Crippen LogP contribution in [0.15, 0.2) is 42.5 Å². The number of amides is 1. The minimum absolute atomic E-state index is 0. The van der Waals surface area contributed by atoms with Gasteiger partial charge in [0.1, 0.15) is 13.2 Å². The second-order valence-corrected chi connectivity index (χ2v) is 6.82. The number of likely N-dealkylation sites (tertiary alicyclic amines) is 1. The van der Waals surface area contributed by atoms with Gasteiger partial charge in [-0.1, -0.05) is 30.3 Å². The Morgan fingerprint density at radius 3 is 2.78 bits per heavy atom. The number of nitrogen functional groups attached to an aromatic ring is 1. The molecule has 5 nitrogen and oxygen atoms in total. The number of carbonyl (C=O) groups excluding carboxylic acids is 1. The number of nitrogens with zero attached hydrogens (tertiary/aromatic N) is 1. The standard InChI is InChI=1S/C21H24N2O3.ClH/c22-17-7-2-1-5-15(17)10-11-20(24)23-12-4-8-18(23)16-6-3-9-19-21(16)26-14-13-25-19;/h1-3,5-7,9,18H,4,8,10-14,22H2;1H. The van der Waals surface area contributed by atoms with E-state index in [1.807, 2.05) is 41.3 Å². The average molecular weight is 389 g/mol. The molecule has 6 heteroatoms. The van der Waals surface area contributed by atoms with E-state index >= 15 is 0 Å². The number of ether oxygens (including phenoxy) is 2. The summed E-state index contributed by atoms with van der Waals surface area (Å²) >= 11 is 0. The Morgan fingerprint density at radius 1 is 1.11 bits per heavy atom. The lowest BCUT2D eigenvalue weighted by molar-refractivity contribution is -0.132. The number of fused-ring (bicyclic) bond motifs is 1. The molecule has 27 heavy (non-hydrogen) atoms. The lowest BCUT2D eigenvalue weighted by atomic mass is 10.0. The summed E-state index contributed by atoms with van der Waals surface area (Å²) in [5, 5.41) is 0. The SMILES string of the molecule is Cl.Nc1ccccc1CCC(=O)N1CCCC1c1cccc2c1OCCO2. The molecule has 1 unspecified atom stereocenters. The van der Waals surface area contributed by atoms with Crippen LogP contribution in [-0.4, -0.2) is 30.6 Å². The van der Waals surface area contributed by atoms with Crippen molar-refractivity contribution < 1.29 is 14.3 Å². The summed E-state index contributed by atoms with van der Waals surface area (Å²) in [4.78, 5) is 14.9. The Hall–Kier alpha value is -2.40. The first-order valence-corrected chi connectivity index (χ1v) is 9.25. The molecule has 2 aromatic carbocycles. The van der Waals surface area contributed by atoms with Gasteiger partial charge in [0.25, 0.3) is 0 Å². The average Bonchev–Trinajstić information content (AvgIpc) is 3.16. The molecule has 144 valence electrons. The van der Waals surface area contributed by atoms with Crippen LogP contribution >= 0.6 is 12.4 Å². The van der Waals surface area contributed by atoms with E-state index in [0.29, 0.717) is 26.1 Å². The maximum atomic E-state index is 12.9. The molecular formula is C21H25ClN2O3. The first-order chi connectivity index (χ1) is 12.7. The van der Waals surface area contributed by atoms with Gasteiger partial charge >= 0.3 is 0 Å². The summed E-state index contributed by atoms with van der Waals surface area (Å²) in [7, 11) is 0. The quantitative estimate of drug-likeness (QED) is 0.810. The zero-order valence-electron chi connectivity index (χ0n) is 15.2. The molecule has 0 radical (unpaired) electrons. The number of nitrogens with two attached hydrogens (primary N) is 1. The first-order valence-electron chi connectivity index (χ1n) is 9.25. The smallest absolute Gasteiger partial charge is 0.223 e. The molecule has 1 saturated heterocycles. The Balaban J connectivity index is 0.00000210. The maximum absolute atomic E-state index is 12.9. The topological polar surface area (TPSA) is 64.8 Å². The summed E-state index contributed by atoms with van der Waals surface area (Å²) < 4.78 is 11.6. The van der Waals surface area contributed by atoms with E-state index in [1.165, 1.54) is 0 Å². The summed E-state index contributed by atoms with van der Waals surface area (Å²) in [6.45, 7) is 1.92. The Kier molecular flexibility index (Phi) is 6.11. The third-order valence-corrected chi connectivity index (χ3v) is 5.19. The molecule has 0 bridgehead atoms. The molecule has 1 amide bonds. The number of anilines is 1. The Morgan fingerprint density at radius 2 is 1.93 bits per heavy atom. The van der Waals surface area contributed by atoms with Crippen LogP contribution in [0.2, 0.25) is 0 Å². The van der Waals surface area contributed by atoms with Crippen molar-refractivity contribution in [2.24, 2.45) is 0 Å². The highest BCUT2D eigenvalue weighted by Gasteiger charge is 2.33. The van der Waals surface area contributed by atoms with Crippen LogP contribution < -0.4 is 15.2 Å². The molecule has 0 saturated carbocycles. The molecule has 0 spiro atoms. The van der Waals surface area contributed by atoms with Gasteiger partial charge in [-0.25, -0.2) is 0 Å². The second-order valence-electron chi connectivity index (χ2n) is 6.82. The fraction of sp³-hybridized carbons (Fsp3) is 0.381. The van der Waals surface area contributed by atoms with Crippen LogP contribution in [0.1, 0.15) is 36.4 Å². The lowest BCUT2D eigenvalue weighted by Gasteiger charge is -2.29. The number of benzene rings is 2. The van der Waals surface area contributed by atoms with Crippen LogP contribution in [0.3, 0.4) is 0 Å². The molecule has 2 aliphatic heterocycles. The van der Waals surface area contributed by atoms with Crippen molar-refractivity contribution in [2.45, 2.75) is 31.7 Å². The molecule has 2 heterocycles. The third-order valence-electron chi connectivity index (χ3n) is 5.19. The van der Waals surface area contributed by atoms with Crippen molar-refractivity contribution in [3.8, 4) is 11.5 Å². The van der Waals surface area contributed by atoms with Gasteiger partial charge in [0.2, 0.25) is 5.91 Å². The third kappa shape index (κ3) is 3.98. The van der Waals surface area contributed by atoms with Crippen LogP contribution in [0.25, 0.3) is 0 Å². The zero-order chi connectivity index (χ0) is 17.9. The van der Waals surface area contributed by atoms with Crippen LogP contribution in [0.5, 0.6) is 11.5 Å². The molecule has 2 N–H and O–H groups in total. The number of hydrogen-bond acceptors (Lipinski definition) is 4. The van der Waals surface area contributed by atoms with Gasteiger partial charge in [-0.2, -0.15) is 0 Å². The highest BCUT2D eigenvalue weighted by atomic mass is 35.5. The van der Waals surface area contributed by atoms with E-state index in [9.17, 15) is 4.79 Å². The lowest BCUT2D eigenvalue weighted by Crippen LogP contribution is -2.31. The van der Waals surface area contributed by atoms with Crippen molar-refractivity contribution in [1.82, 2.24) is 4.90 Å². The minimum atomic E-state index is 0. The molecular weight excluding hydrogens is 364 g/mol. The van der Waals surface area contributed by atoms with E-state index < -0.39 is 0 Å². The fourth-order valence-electron chi connectivity index (χ4n) is 3.89. The monoisotopic (exact) mass is 388 g/mol. The molecule has 0 aromatic heterocycles. The van der Waals surface area contributed by atoms with Gasteiger partial charge < -0.3 is 20.1 Å². The maximum Gasteiger partial charge on any atom is 0.223 e. The highest BCUT2D eigenvalue weighted by molar-refractivity contribution is 5.85. The van der Waals surface area contributed by atoms with Crippen molar-refractivity contribution in [3.05, 3.63) is 53.6 Å². The van der Waals surface area contributed by atoms with Gasteiger partial charge in [0, 0.05) is 24.2 Å². The van der Waals surface area contributed by atoms with Crippen LogP contribution in [0.4, 0.5) is 5.69 Å². The number of aryl methyl sites for hydroxylation is 1. The van der Waals surface area contributed by atoms with Gasteiger partial charge in [-0.15, -0.1) is 12.4 Å². The van der Waals surface area contributed by atoms with Gasteiger partial charge in [-0.3, -0.25) is 4.79 Å². The van der Waals surface area contributed by atoms with E-state index in [0.717, 1.165) is 47.7 Å². The largest absolute Gasteiger partial charge is 0.486 e. The predicted octanol–water partition coefficient (Wildman–Crippen LogP) is 3.76. The van der Waals surface area contributed by atoms with Crippen LogP contribution in [0, 0.1) is 0 Å². The van der Waals surface area contributed by atoms with Crippen LogP contribution in [-0.2, 0) is 11.2 Å². The molecule has 1 fully saturated rings. The summed E-state index contributed by atoms with van der Waals surface area (Å²) in [5.41, 5.74) is 8.85. The number of rotatable bonds is 4. The predicted molar refractivity (Wildman–Crippen MR) is 108 cm³/mol. The van der Waals surface area contributed by atoms with Gasteiger partial charge in [-0.05, 0) is 37.0 Å². The van der Waals surface area contributed by atoms with Crippen molar-refractivity contribution in [1.29, 1.82) is 0 Å². The normalized spacial score (nSPS) is 18.1. The van der Waals surface area contributed by atoms with Crippen molar-refractivity contribution in [3.63, 3.8) is 0 Å². The summed E-state index contributed by atoms with van der Waals surface area (Å²) in [6.07, 6.45) is 3.10. The van der Waals surface area contributed by atoms with E-state index in [-0.39, 0.29) is 24.4 Å². The van der Waals surface area contributed by atoms with E-state index in [1.54, 1.807) is 0 Å². The summed E-state index contributed by atoms with van der Waals surface area (Å²) in [6, 6.07) is 13.8. The minimum Gasteiger partial charge on any atom is -0.486 e. The number of halogens is 1. The van der Waals surface area contributed by atoms with Gasteiger partial charge in [0.15, 0.2) is 11.5 Å². The Bertz CT molecular complexity index is 812. The molecule has 1 atom stereocenters. The van der Waals surface area contributed by atoms with Crippen molar-refractivity contribution in [2.75, 3.05) is 25.5 Å². The number of para-hydroxylation sites is 2. The van der Waals surface area contributed by atoms with E-state index in [2.05, 4.69) is 6.07 Å². The Labute approximate surface area is 165 Å². The van der Waals surface area contributed by atoms with E-state index in [4.69, 9.17) is 15.2 Å². The van der Waals surface area contributed by atoms with Gasteiger partial charge in [0.05, 0.1) is 6.04 Å². The second kappa shape index (κ2) is 8.53.